The van der Waals surface area contributed by atoms with Gasteiger partial charge in [-0.05, 0) is 31.7 Å². The van der Waals surface area contributed by atoms with Crippen LogP contribution in [-0.2, 0) is 10.9 Å². The molecule has 0 aliphatic carbocycles. The second-order valence-corrected chi connectivity index (χ2v) is 13.1. The van der Waals surface area contributed by atoms with Crippen molar-refractivity contribution in [3.63, 3.8) is 0 Å². The van der Waals surface area contributed by atoms with Gasteiger partial charge in [0.2, 0.25) is 0 Å². The predicted molar refractivity (Wildman–Crippen MR) is 82.2 cm³/mol. The summed E-state index contributed by atoms with van der Waals surface area (Å²) in [6.07, 6.45) is -26.1. The molecule has 0 nitrogen and oxygen atoms in total. The molecule has 0 aliphatic rings. The number of alkyl halides is 15. The zero-order valence-corrected chi connectivity index (χ0v) is 17.5. The van der Waals surface area contributed by atoms with Crippen molar-refractivity contribution in [1.82, 2.24) is 0 Å². The molecule has 0 fully saturated rings. The molecule has 0 rings (SSSR count). The Balaban J connectivity index is 0. The molecule has 0 N–H and O–H groups in total. The van der Waals surface area contributed by atoms with E-state index in [1.807, 2.05) is 0 Å². The average molecular weight is 564 g/mol. The maximum atomic E-state index is 13.4. The van der Waals surface area contributed by atoms with E-state index in [1.165, 1.54) is 17.3 Å². The van der Waals surface area contributed by atoms with E-state index in [2.05, 4.69) is 20.8 Å². The van der Waals surface area contributed by atoms with Crippen molar-refractivity contribution in [1.29, 1.82) is 0 Å². The summed E-state index contributed by atoms with van der Waals surface area (Å²) < 4.78 is 222. The van der Waals surface area contributed by atoms with E-state index in [9.17, 15) is 78.4 Å². The summed E-state index contributed by atoms with van der Waals surface area (Å²) in [5, 5.41) is 0. The number of halogens is 18. The molecule has 0 aromatic carbocycles. The van der Waals surface area contributed by atoms with Gasteiger partial charge in [-0.1, -0.05) is 0 Å². The summed E-state index contributed by atoms with van der Waals surface area (Å²) in [6, 6.07) is 0. The molecule has 0 saturated heterocycles. The van der Waals surface area contributed by atoms with Gasteiger partial charge in [0, 0.05) is 0 Å². The molecule has 0 aromatic heterocycles. The monoisotopic (exact) mass is 564 g/mol. The van der Waals surface area contributed by atoms with E-state index >= 15 is 0 Å². The van der Waals surface area contributed by atoms with Crippen LogP contribution in [0.4, 0.5) is 78.4 Å². The summed E-state index contributed by atoms with van der Waals surface area (Å²) in [6.45, 7) is -8.18. The van der Waals surface area contributed by atoms with Gasteiger partial charge in [0.05, 0.1) is 0 Å². The fourth-order valence-corrected chi connectivity index (χ4v) is 5.86. The Morgan fingerprint density at radius 2 is 0.594 bits per heavy atom. The summed E-state index contributed by atoms with van der Waals surface area (Å²) in [5.41, 5.74) is -29.3. The predicted octanol–water partition coefficient (Wildman–Crippen LogP) is 8.86. The van der Waals surface area contributed by atoms with E-state index in [1.54, 1.807) is 0 Å². The molecule has 0 aromatic rings. The van der Waals surface area contributed by atoms with Crippen LogP contribution < -0.4 is 0 Å². The molecule has 0 unspecified atom stereocenters. The maximum absolute atomic E-state index is 15.0. The molecule has 0 heterocycles. The van der Waals surface area contributed by atoms with Gasteiger partial charge in [-0.3, -0.25) is 0 Å². The topological polar surface area (TPSA) is 0 Å². The first-order valence-electron chi connectivity index (χ1n) is 7.75. The molecule has 0 aliphatic heterocycles. The number of hydrogen-bond acceptors (Lipinski definition) is 0. The van der Waals surface area contributed by atoms with Crippen molar-refractivity contribution in [3.05, 3.63) is 0 Å². The standard InChI is InChI=1S/C6F18P.C6H15S/c7-1(8,9)4(16,17)25(22,23,24,5(18,19)2(10,11)12)6(20,21)3(13,14)15;1-4-7(5-2)6-3/h;4-6H2,1-3H3/q-1;+1. The Bertz CT molecular complexity index is 562. The van der Waals surface area contributed by atoms with Crippen molar-refractivity contribution in [2.24, 2.45) is 0 Å². The van der Waals surface area contributed by atoms with Gasteiger partial charge < -0.3 is 0 Å². The summed E-state index contributed by atoms with van der Waals surface area (Å²) >= 11 is 0. The van der Waals surface area contributed by atoms with Crippen LogP contribution in [0.15, 0.2) is 0 Å². The molecule has 0 saturated carbocycles. The van der Waals surface area contributed by atoms with Gasteiger partial charge >= 0.3 is 121 Å². The van der Waals surface area contributed by atoms with Gasteiger partial charge in [-0.2, -0.15) is 0 Å². The minimum atomic E-state index is -15.0. The molecule has 32 heavy (non-hydrogen) atoms. The first kappa shape index (κ1) is 33.7. The van der Waals surface area contributed by atoms with Crippen LogP contribution in [0.5, 0.6) is 0 Å². The summed E-state index contributed by atoms with van der Waals surface area (Å²) in [5.74, 6) is 4.15. The minimum absolute atomic E-state index is 0.755. The fraction of sp³-hybridized carbons (Fsp3) is 1.00. The van der Waals surface area contributed by atoms with E-state index in [0.29, 0.717) is 0 Å². The molecule has 0 radical (unpaired) electrons. The van der Waals surface area contributed by atoms with Crippen LogP contribution in [0.1, 0.15) is 20.8 Å². The van der Waals surface area contributed by atoms with E-state index in [0.717, 1.165) is 10.9 Å². The Hall–Kier alpha value is -0.480. The van der Waals surface area contributed by atoms with Crippen LogP contribution >= 0.6 is 6.88 Å². The Labute approximate surface area is 170 Å². The second-order valence-electron chi connectivity index (χ2n) is 5.88. The van der Waals surface area contributed by atoms with Gasteiger partial charge in [-0.25, -0.2) is 0 Å². The third kappa shape index (κ3) is 4.00. The van der Waals surface area contributed by atoms with Gasteiger partial charge in [0.1, 0.15) is 17.3 Å². The quantitative estimate of drug-likeness (QED) is 0.172. The summed E-state index contributed by atoms with van der Waals surface area (Å²) in [7, 11) is 0.755. The first-order chi connectivity index (χ1) is 13.4. The normalized spacial score (nSPS) is 17.4. The Morgan fingerprint density at radius 1 is 0.438 bits per heavy atom. The SMILES string of the molecule is CC[S+](CC)CC.FC(F)(F)C(F)(F)[P-](F)(F)(F)(C(F)(F)C(F)(F)F)C(F)(F)C(F)(F)F. The molecular weight excluding hydrogens is 549 g/mol. The van der Waals surface area contributed by atoms with E-state index in [4.69, 9.17) is 0 Å². The van der Waals surface area contributed by atoms with Crippen molar-refractivity contribution in [2.45, 2.75) is 56.3 Å². The average Bonchev–Trinajstić information content (AvgIpc) is 2.53. The van der Waals surface area contributed by atoms with Crippen molar-refractivity contribution in [2.75, 3.05) is 17.3 Å². The third-order valence-corrected chi connectivity index (χ3v) is 10.9. The zero-order chi connectivity index (χ0) is 27.1. The van der Waals surface area contributed by atoms with Crippen molar-refractivity contribution in [3.8, 4) is 0 Å². The third-order valence-electron chi connectivity index (χ3n) is 4.05. The van der Waals surface area contributed by atoms with Gasteiger partial charge in [-0.15, -0.1) is 0 Å². The Kier molecular flexibility index (Phi) is 8.77. The summed E-state index contributed by atoms with van der Waals surface area (Å²) in [4.78, 5) is 0. The van der Waals surface area contributed by atoms with Gasteiger partial charge in [0.25, 0.3) is 0 Å². The molecule has 200 valence electrons. The van der Waals surface area contributed by atoms with Crippen LogP contribution in [0.3, 0.4) is 0 Å². The van der Waals surface area contributed by atoms with Gasteiger partial charge in [0.15, 0.2) is 0 Å². The van der Waals surface area contributed by atoms with Crippen molar-refractivity contribution >= 4 is 17.8 Å². The Morgan fingerprint density at radius 3 is 0.656 bits per heavy atom. The fourth-order valence-electron chi connectivity index (χ4n) is 1.95. The number of rotatable bonds is 6. The molecule has 0 atom stereocenters. The van der Waals surface area contributed by atoms with E-state index in [-0.39, 0.29) is 0 Å². The van der Waals surface area contributed by atoms with Crippen molar-refractivity contribution < 1.29 is 78.4 Å². The molecular formula is C12H15F18PS. The van der Waals surface area contributed by atoms with Crippen LogP contribution in [0.2, 0.25) is 0 Å². The zero-order valence-electron chi connectivity index (χ0n) is 15.8. The first-order valence-corrected chi connectivity index (χ1v) is 11.8. The molecule has 0 amide bonds. The van der Waals surface area contributed by atoms with Crippen LogP contribution in [0.25, 0.3) is 0 Å². The van der Waals surface area contributed by atoms with Crippen LogP contribution in [-0.4, -0.2) is 52.8 Å². The molecule has 20 heteroatoms. The van der Waals surface area contributed by atoms with Crippen LogP contribution in [0, 0.1) is 0 Å². The van der Waals surface area contributed by atoms with E-state index < -0.39 is 42.4 Å². The molecule has 0 bridgehead atoms. The number of hydrogen-bond donors (Lipinski definition) is 0. The second kappa shape index (κ2) is 8.33. The molecule has 0 spiro atoms.